The molecule has 2 saturated heterocycles. The first-order chi connectivity index (χ1) is 8.04. The lowest BCUT2D eigenvalue weighted by molar-refractivity contribution is 0.263. The summed E-state index contributed by atoms with van der Waals surface area (Å²) in [7, 11) is -3.23. The highest BCUT2D eigenvalue weighted by molar-refractivity contribution is 7.86. The third-order valence-corrected chi connectivity index (χ3v) is 5.82. The van der Waals surface area contributed by atoms with Crippen molar-refractivity contribution >= 4 is 10.2 Å². The summed E-state index contributed by atoms with van der Waals surface area (Å²) in [6.45, 7) is 5.29. The highest BCUT2D eigenvalue weighted by Crippen LogP contribution is 2.24. The standard InChI is InChI=1S/C11H23N3O2S/c1-10-3-2-5-13(8-10)17(15,16)14-6-4-11(7-12)9-14/h10-11H,2-9,12H2,1H3. The molecule has 0 aromatic heterocycles. The molecule has 2 heterocycles. The molecule has 2 aliphatic rings. The number of rotatable bonds is 3. The predicted molar refractivity (Wildman–Crippen MR) is 67.6 cm³/mol. The Labute approximate surface area is 104 Å². The van der Waals surface area contributed by atoms with E-state index in [9.17, 15) is 8.42 Å². The van der Waals surface area contributed by atoms with Gasteiger partial charge in [-0.1, -0.05) is 6.92 Å². The van der Waals surface area contributed by atoms with Crippen LogP contribution in [-0.2, 0) is 10.2 Å². The Morgan fingerprint density at radius 1 is 1.18 bits per heavy atom. The molecular formula is C11H23N3O2S. The van der Waals surface area contributed by atoms with Crippen molar-refractivity contribution < 1.29 is 8.42 Å². The molecule has 6 heteroatoms. The summed E-state index contributed by atoms with van der Waals surface area (Å²) in [5.74, 6) is 0.818. The van der Waals surface area contributed by atoms with Crippen LogP contribution in [0.2, 0.25) is 0 Å². The van der Waals surface area contributed by atoms with Crippen molar-refractivity contribution in [1.82, 2.24) is 8.61 Å². The number of nitrogens with zero attached hydrogens (tertiary/aromatic N) is 2. The van der Waals surface area contributed by atoms with Crippen LogP contribution in [0.5, 0.6) is 0 Å². The first-order valence-electron chi connectivity index (χ1n) is 6.49. The molecule has 5 nitrogen and oxygen atoms in total. The second-order valence-corrected chi connectivity index (χ2v) is 7.29. The summed E-state index contributed by atoms with van der Waals surface area (Å²) in [6.07, 6.45) is 3.02. The molecule has 2 unspecified atom stereocenters. The smallest absolute Gasteiger partial charge is 0.281 e. The van der Waals surface area contributed by atoms with E-state index in [2.05, 4.69) is 6.92 Å². The monoisotopic (exact) mass is 261 g/mol. The van der Waals surface area contributed by atoms with Crippen LogP contribution < -0.4 is 5.73 Å². The molecule has 0 radical (unpaired) electrons. The van der Waals surface area contributed by atoms with E-state index >= 15 is 0 Å². The topological polar surface area (TPSA) is 66.6 Å². The molecule has 2 aliphatic heterocycles. The molecule has 2 atom stereocenters. The minimum atomic E-state index is -3.23. The normalized spacial score (nSPS) is 33.1. The second-order valence-electron chi connectivity index (χ2n) is 5.36. The Balaban J connectivity index is 2.03. The minimum Gasteiger partial charge on any atom is -0.330 e. The van der Waals surface area contributed by atoms with Gasteiger partial charge in [0.25, 0.3) is 10.2 Å². The fraction of sp³-hybridized carbons (Fsp3) is 1.00. The van der Waals surface area contributed by atoms with Crippen molar-refractivity contribution in [2.45, 2.75) is 26.2 Å². The summed E-state index contributed by atoms with van der Waals surface area (Å²) in [4.78, 5) is 0. The first kappa shape index (κ1) is 13.3. The minimum absolute atomic E-state index is 0.340. The Morgan fingerprint density at radius 2 is 1.88 bits per heavy atom. The summed E-state index contributed by atoms with van der Waals surface area (Å²) >= 11 is 0. The summed E-state index contributed by atoms with van der Waals surface area (Å²) in [5, 5.41) is 0. The van der Waals surface area contributed by atoms with Crippen molar-refractivity contribution in [3.05, 3.63) is 0 Å². The van der Waals surface area contributed by atoms with E-state index in [1.54, 1.807) is 8.61 Å². The van der Waals surface area contributed by atoms with Crippen molar-refractivity contribution in [2.75, 3.05) is 32.7 Å². The maximum atomic E-state index is 12.4. The average molecular weight is 261 g/mol. The van der Waals surface area contributed by atoms with Crippen LogP contribution in [0.1, 0.15) is 26.2 Å². The predicted octanol–water partition coefficient (Wildman–Crippen LogP) is 0.244. The molecule has 0 saturated carbocycles. The van der Waals surface area contributed by atoms with E-state index < -0.39 is 10.2 Å². The van der Waals surface area contributed by atoms with Gasteiger partial charge in [0, 0.05) is 26.2 Å². The zero-order valence-electron chi connectivity index (χ0n) is 10.5. The lowest BCUT2D eigenvalue weighted by atomic mass is 10.0. The maximum absolute atomic E-state index is 12.4. The van der Waals surface area contributed by atoms with E-state index in [-0.39, 0.29) is 0 Å². The van der Waals surface area contributed by atoms with Gasteiger partial charge in [-0.15, -0.1) is 0 Å². The largest absolute Gasteiger partial charge is 0.330 e. The van der Waals surface area contributed by atoms with Gasteiger partial charge in [-0.05, 0) is 37.6 Å². The molecule has 0 amide bonds. The third-order valence-electron chi connectivity index (χ3n) is 3.85. The molecule has 2 N–H and O–H groups in total. The lowest BCUT2D eigenvalue weighted by Crippen LogP contribution is -2.47. The van der Waals surface area contributed by atoms with Crippen LogP contribution in [-0.4, -0.2) is 49.8 Å². The van der Waals surface area contributed by atoms with Crippen LogP contribution in [0.25, 0.3) is 0 Å². The van der Waals surface area contributed by atoms with E-state index in [4.69, 9.17) is 5.73 Å². The van der Waals surface area contributed by atoms with Crippen LogP contribution in [0, 0.1) is 11.8 Å². The molecule has 0 bridgehead atoms. The Morgan fingerprint density at radius 3 is 2.47 bits per heavy atom. The molecule has 0 aromatic carbocycles. The van der Waals surface area contributed by atoms with E-state index in [1.165, 1.54) is 0 Å². The highest BCUT2D eigenvalue weighted by atomic mass is 32.2. The van der Waals surface area contributed by atoms with Crippen LogP contribution in [0.15, 0.2) is 0 Å². The second kappa shape index (κ2) is 5.22. The number of piperidine rings is 1. The van der Waals surface area contributed by atoms with Gasteiger partial charge < -0.3 is 5.73 Å². The SMILES string of the molecule is CC1CCCN(S(=O)(=O)N2CCC(CN)C2)C1. The zero-order chi connectivity index (χ0) is 12.5. The first-order valence-corrected chi connectivity index (χ1v) is 7.89. The molecule has 100 valence electrons. The fourth-order valence-electron chi connectivity index (χ4n) is 2.72. The van der Waals surface area contributed by atoms with Gasteiger partial charge in [0.2, 0.25) is 0 Å². The molecule has 0 spiro atoms. The van der Waals surface area contributed by atoms with Crippen molar-refractivity contribution in [3.63, 3.8) is 0 Å². The fourth-order valence-corrected chi connectivity index (χ4v) is 4.58. The number of hydrogen-bond donors (Lipinski definition) is 1. The van der Waals surface area contributed by atoms with Crippen molar-refractivity contribution in [1.29, 1.82) is 0 Å². The van der Waals surface area contributed by atoms with Gasteiger partial charge in [-0.25, -0.2) is 0 Å². The number of nitrogens with two attached hydrogens (primary N) is 1. The Bertz CT molecular complexity index is 358. The van der Waals surface area contributed by atoms with Crippen molar-refractivity contribution in [2.24, 2.45) is 17.6 Å². The zero-order valence-corrected chi connectivity index (χ0v) is 11.3. The lowest BCUT2D eigenvalue weighted by Gasteiger charge is -2.33. The molecule has 2 rings (SSSR count). The van der Waals surface area contributed by atoms with E-state index in [1.807, 2.05) is 0 Å². The van der Waals surface area contributed by atoms with Crippen LogP contribution >= 0.6 is 0 Å². The van der Waals surface area contributed by atoms with Gasteiger partial charge in [-0.3, -0.25) is 0 Å². The van der Waals surface area contributed by atoms with Gasteiger partial charge in [0.05, 0.1) is 0 Å². The average Bonchev–Trinajstić information content (AvgIpc) is 2.78. The van der Waals surface area contributed by atoms with E-state index in [0.717, 1.165) is 19.3 Å². The quantitative estimate of drug-likeness (QED) is 0.791. The van der Waals surface area contributed by atoms with Crippen LogP contribution in [0.4, 0.5) is 0 Å². The molecular weight excluding hydrogens is 238 g/mol. The van der Waals surface area contributed by atoms with Gasteiger partial charge in [0.1, 0.15) is 0 Å². The summed E-state index contributed by atoms with van der Waals surface area (Å²) in [6, 6.07) is 0. The molecule has 0 aromatic rings. The highest BCUT2D eigenvalue weighted by Gasteiger charge is 2.36. The van der Waals surface area contributed by atoms with Crippen molar-refractivity contribution in [3.8, 4) is 0 Å². The summed E-state index contributed by atoms with van der Waals surface area (Å²) < 4.78 is 28.1. The molecule has 17 heavy (non-hydrogen) atoms. The number of hydrogen-bond acceptors (Lipinski definition) is 3. The molecule has 0 aliphatic carbocycles. The van der Waals surface area contributed by atoms with Gasteiger partial charge in [0.15, 0.2) is 0 Å². The van der Waals surface area contributed by atoms with E-state index in [0.29, 0.717) is 44.6 Å². The Kier molecular flexibility index (Phi) is 4.07. The molecule has 2 fully saturated rings. The van der Waals surface area contributed by atoms with Crippen LogP contribution in [0.3, 0.4) is 0 Å². The maximum Gasteiger partial charge on any atom is 0.281 e. The van der Waals surface area contributed by atoms with Gasteiger partial charge in [-0.2, -0.15) is 17.0 Å². The Hall–Kier alpha value is -0.170. The van der Waals surface area contributed by atoms with Gasteiger partial charge >= 0.3 is 0 Å². The third kappa shape index (κ3) is 2.81. The summed E-state index contributed by atoms with van der Waals surface area (Å²) in [5.41, 5.74) is 5.60.